The van der Waals surface area contributed by atoms with Gasteiger partial charge in [0.2, 0.25) is 0 Å². The lowest BCUT2D eigenvalue weighted by molar-refractivity contribution is 0.783. The minimum absolute atomic E-state index is 0.514. The summed E-state index contributed by atoms with van der Waals surface area (Å²) in [6.45, 7) is 0. The van der Waals surface area contributed by atoms with Gasteiger partial charge in [-0.2, -0.15) is 0 Å². The molecule has 0 radical (unpaired) electrons. The van der Waals surface area contributed by atoms with Crippen LogP contribution in [0.25, 0.3) is 0 Å². The number of benzene rings is 2. The van der Waals surface area contributed by atoms with E-state index in [-0.39, 0.29) is 0 Å². The molecule has 3 rings (SSSR count). The normalized spacial score (nSPS) is 17.8. The SMILES string of the molecule is Brc1ccc(C2CCc3ccccc32)c(Br)c1Br. The Morgan fingerprint density at radius 2 is 1.61 bits per heavy atom. The highest BCUT2D eigenvalue weighted by Crippen LogP contribution is 2.44. The van der Waals surface area contributed by atoms with E-state index >= 15 is 0 Å². The second-order valence-electron chi connectivity index (χ2n) is 4.55. The smallest absolute Gasteiger partial charge is 0.0462 e. The van der Waals surface area contributed by atoms with E-state index in [0.29, 0.717) is 5.92 Å². The number of rotatable bonds is 1. The Hall–Kier alpha value is -0.120. The predicted molar refractivity (Wildman–Crippen MR) is 86.1 cm³/mol. The summed E-state index contributed by atoms with van der Waals surface area (Å²) < 4.78 is 3.35. The van der Waals surface area contributed by atoms with Crippen LogP contribution < -0.4 is 0 Å². The highest BCUT2D eigenvalue weighted by Gasteiger charge is 2.25. The largest absolute Gasteiger partial charge is 0.0620 e. The number of halogens is 3. The lowest BCUT2D eigenvalue weighted by Crippen LogP contribution is -1.98. The van der Waals surface area contributed by atoms with Crippen LogP contribution >= 0.6 is 47.8 Å². The van der Waals surface area contributed by atoms with E-state index in [9.17, 15) is 0 Å². The van der Waals surface area contributed by atoms with E-state index in [1.807, 2.05) is 0 Å². The molecule has 0 aromatic heterocycles. The van der Waals surface area contributed by atoms with Crippen LogP contribution in [0.2, 0.25) is 0 Å². The minimum Gasteiger partial charge on any atom is -0.0620 e. The maximum absolute atomic E-state index is 3.72. The monoisotopic (exact) mass is 428 g/mol. The highest BCUT2D eigenvalue weighted by molar-refractivity contribution is 9.14. The first-order valence-corrected chi connectivity index (χ1v) is 8.27. The fourth-order valence-corrected chi connectivity index (χ4v) is 4.27. The van der Waals surface area contributed by atoms with E-state index in [0.717, 1.165) is 8.95 Å². The Balaban J connectivity index is 2.11. The Labute approximate surface area is 132 Å². The van der Waals surface area contributed by atoms with Gasteiger partial charge < -0.3 is 0 Å². The average Bonchev–Trinajstić information content (AvgIpc) is 2.80. The van der Waals surface area contributed by atoms with Crippen molar-refractivity contribution in [2.24, 2.45) is 0 Å². The maximum Gasteiger partial charge on any atom is 0.0462 e. The average molecular weight is 431 g/mol. The molecule has 92 valence electrons. The van der Waals surface area contributed by atoms with Crippen molar-refractivity contribution < 1.29 is 0 Å². The van der Waals surface area contributed by atoms with Crippen LogP contribution in [0.3, 0.4) is 0 Å². The van der Waals surface area contributed by atoms with Crippen molar-refractivity contribution in [2.45, 2.75) is 18.8 Å². The fraction of sp³-hybridized carbons (Fsp3) is 0.200. The van der Waals surface area contributed by atoms with Gasteiger partial charge in [0.15, 0.2) is 0 Å². The van der Waals surface area contributed by atoms with Crippen molar-refractivity contribution in [3.63, 3.8) is 0 Å². The third-order valence-corrected chi connectivity index (χ3v) is 6.98. The van der Waals surface area contributed by atoms with E-state index in [2.05, 4.69) is 84.2 Å². The summed E-state index contributed by atoms with van der Waals surface area (Å²) in [5.74, 6) is 0.514. The van der Waals surface area contributed by atoms with Crippen LogP contribution in [0, 0.1) is 0 Å². The Morgan fingerprint density at radius 1 is 0.833 bits per heavy atom. The van der Waals surface area contributed by atoms with Crippen molar-refractivity contribution in [2.75, 3.05) is 0 Å². The summed E-state index contributed by atoms with van der Waals surface area (Å²) in [5, 5.41) is 0. The van der Waals surface area contributed by atoms with E-state index < -0.39 is 0 Å². The number of fused-ring (bicyclic) bond motifs is 1. The molecule has 1 aliphatic carbocycles. The molecule has 3 heteroatoms. The molecule has 0 N–H and O–H groups in total. The Morgan fingerprint density at radius 3 is 2.44 bits per heavy atom. The Bertz CT molecular complexity index is 605. The molecular formula is C15H11Br3. The molecule has 0 saturated heterocycles. The molecule has 0 fully saturated rings. The molecular weight excluding hydrogens is 420 g/mol. The summed E-state index contributed by atoms with van der Waals surface area (Å²) in [5.41, 5.74) is 4.34. The van der Waals surface area contributed by atoms with Crippen LogP contribution in [0.1, 0.15) is 29.0 Å². The highest BCUT2D eigenvalue weighted by atomic mass is 79.9. The van der Waals surface area contributed by atoms with Gasteiger partial charge in [0.05, 0.1) is 0 Å². The van der Waals surface area contributed by atoms with Crippen LogP contribution in [-0.2, 0) is 6.42 Å². The fourth-order valence-electron chi connectivity index (χ4n) is 2.69. The van der Waals surface area contributed by atoms with Gasteiger partial charge in [-0.3, -0.25) is 0 Å². The molecule has 0 heterocycles. The summed E-state index contributed by atoms with van der Waals surface area (Å²) in [6.07, 6.45) is 2.38. The zero-order valence-corrected chi connectivity index (χ0v) is 14.3. The molecule has 1 unspecified atom stereocenters. The van der Waals surface area contributed by atoms with Crippen molar-refractivity contribution >= 4 is 47.8 Å². The molecule has 0 amide bonds. The van der Waals surface area contributed by atoms with Gasteiger partial charge in [-0.1, -0.05) is 30.3 Å². The summed E-state index contributed by atoms with van der Waals surface area (Å²) in [7, 11) is 0. The molecule has 1 atom stereocenters. The van der Waals surface area contributed by atoms with Crippen LogP contribution in [-0.4, -0.2) is 0 Å². The number of hydrogen-bond acceptors (Lipinski definition) is 0. The molecule has 18 heavy (non-hydrogen) atoms. The first kappa shape index (κ1) is 12.9. The molecule has 2 aromatic rings. The standard InChI is InChI=1S/C15H11Br3/c16-13-8-7-12(14(17)15(13)18)11-6-5-9-3-1-2-4-10(9)11/h1-4,7-8,11H,5-6H2. The molecule has 0 bridgehead atoms. The van der Waals surface area contributed by atoms with Gasteiger partial charge in [0.25, 0.3) is 0 Å². The minimum atomic E-state index is 0.514. The second-order valence-corrected chi connectivity index (χ2v) is 6.99. The van der Waals surface area contributed by atoms with Gasteiger partial charge in [0.1, 0.15) is 0 Å². The van der Waals surface area contributed by atoms with Gasteiger partial charge in [-0.25, -0.2) is 0 Å². The first-order valence-electron chi connectivity index (χ1n) is 5.89. The third kappa shape index (κ3) is 2.10. The van der Waals surface area contributed by atoms with E-state index in [1.54, 1.807) is 0 Å². The van der Waals surface area contributed by atoms with Gasteiger partial charge in [-0.15, -0.1) is 0 Å². The lowest BCUT2D eigenvalue weighted by Gasteiger charge is -2.15. The zero-order valence-electron chi connectivity index (χ0n) is 9.59. The topological polar surface area (TPSA) is 0 Å². The van der Waals surface area contributed by atoms with Crippen molar-refractivity contribution in [3.05, 3.63) is 66.5 Å². The van der Waals surface area contributed by atoms with Crippen LogP contribution in [0.4, 0.5) is 0 Å². The first-order chi connectivity index (χ1) is 8.68. The van der Waals surface area contributed by atoms with Gasteiger partial charge in [-0.05, 0) is 83.4 Å². The van der Waals surface area contributed by atoms with Crippen molar-refractivity contribution in [1.29, 1.82) is 0 Å². The number of aryl methyl sites for hydroxylation is 1. The number of hydrogen-bond donors (Lipinski definition) is 0. The molecule has 0 aliphatic heterocycles. The van der Waals surface area contributed by atoms with Crippen LogP contribution in [0.15, 0.2) is 49.8 Å². The maximum atomic E-state index is 3.72. The molecule has 0 saturated carbocycles. The van der Waals surface area contributed by atoms with E-state index in [4.69, 9.17) is 0 Å². The molecule has 0 spiro atoms. The summed E-state index contributed by atoms with van der Waals surface area (Å²) in [4.78, 5) is 0. The summed E-state index contributed by atoms with van der Waals surface area (Å²) >= 11 is 10.9. The van der Waals surface area contributed by atoms with Gasteiger partial charge in [0, 0.05) is 19.3 Å². The van der Waals surface area contributed by atoms with Crippen molar-refractivity contribution in [1.82, 2.24) is 0 Å². The Kier molecular flexibility index (Phi) is 3.65. The lowest BCUT2D eigenvalue weighted by atomic mass is 9.93. The summed E-state index contributed by atoms with van der Waals surface area (Å²) in [6, 6.07) is 13.1. The molecule has 2 aromatic carbocycles. The van der Waals surface area contributed by atoms with Crippen LogP contribution in [0.5, 0.6) is 0 Å². The zero-order chi connectivity index (χ0) is 12.7. The molecule has 0 nitrogen and oxygen atoms in total. The quantitative estimate of drug-likeness (QED) is 0.483. The van der Waals surface area contributed by atoms with Crippen molar-refractivity contribution in [3.8, 4) is 0 Å². The molecule has 1 aliphatic rings. The van der Waals surface area contributed by atoms with Gasteiger partial charge >= 0.3 is 0 Å². The second kappa shape index (κ2) is 5.10. The van der Waals surface area contributed by atoms with E-state index in [1.165, 1.54) is 34.0 Å². The predicted octanol–water partition coefficient (Wildman–Crippen LogP) is 6.05. The third-order valence-electron chi connectivity index (χ3n) is 3.57.